The summed E-state index contributed by atoms with van der Waals surface area (Å²) in [5, 5.41) is 4.75. The van der Waals surface area contributed by atoms with Crippen molar-refractivity contribution in [3.05, 3.63) is 53.2 Å². The van der Waals surface area contributed by atoms with Crippen LogP contribution in [0.2, 0.25) is 5.02 Å². The summed E-state index contributed by atoms with van der Waals surface area (Å²) in [4.78, 5) is 5.41. The van der Waals surface area contributed by atoms with Crippen LogP contribution in [0.4, 0.5) is 0 Å². The van der Waals surface area contributed by atoms with E-state index in [9.17, 15) is 0 Å². The molecule has 1 heterocycles. The molecule has 2 rings (SSSR count). The van der Waals surface area contributed by atoms with Gasteiger partial charge in [0, 0.05) is 17.1 Å². The number of nitrogens with zero attached hydrogens (tertiary/aromatic N) is 1. The van der Waals surface area contributed by atoms with Crippen molar-refractivity contribution in [3.8, 4) is 0 Å². The summed E-state index contributed by atoms with van der Waals surface area (Å²) in [6.07, 6.45) is 1.76. The van der Waals surface area contributed by atoms with E-state index in [-0.39, 0.29) is 0 Å². The van der Waals surface area contributed by atoms with Crippen LogP contribution < -0.4 is 5.32 Å². The molecule has 1 N–H and O–H groups in total. The highest BCUT2D eigenvalue weighted by atomic mass is 35.5. The van der Waals surface area contributed by atoms with Crippen LogP contribution >= 0.6 is 23.4 Å². The lowest BCUT2D eigenvalue weighted by Crippen LogP contribution is -2.11. The molecule has 0 radical (unpaired) electrons. The Bertz CT molecular complexity index is 513. The summed E-state index contributed by atoms with van der Waals surface area (Å²) in [5.41, 5.74) is 1.27. The molecule has 0 aliphatic rings. The fourth-order valence-electron chi connectivity index (χ4n) is 1.55. The summed E-state index contributed by atoms with van der Waals surface area (Å²) >= 11 is 7.66. The molecular formula is C14H15ClN2S. The van der Waals surface area contributed by atoms with Gasteiger partial charge in [0.2, 0.25) is 0 Å². The third-order valence-electron chi connectivity index (χ3n) is 2.75. The molecule has 18 heavy (non-hydrogen) atoms. The minimum Gasteiger partial charge on any atom is -0.313 e. The number of benzene rings is 1. The molecule has 1 unspecified atom stereocenters. The third kappa shape index (κ3) is 3.25. The second kappa shape index (κ2) is 6.23. The van der Waals surface area contributed by atoms with Gasteiger partial charge in [0.15, 0.2) is 0 Å². The fourth-order valence-corrected chi connectivity index (χ4v) is 2.56. The minimum atomic E-state index is 0.363. The van der Waals surface area contributed by atoms with Gasteiger partial charge in [-0.15, -0.1) is 0 Å². The van der Waals surface area contributed by atoms with Crippen molar-refractivity contribution >= 4 is 23.4 Å². The summed E-state index contributed by atoms with van der Waals surface area (Å²) in [6, 6.07) is 12.5. The molecule has 2 aromatic rings. The lowest BCUT2D eigenvalue weighted by Gasteiger charge is -2.11. The van der Waals surface area contributed by atoms with E-state index in [1.165, 1.54) is 5.56 Å². The molecule has 0 aliphatic heterocycles. The van der Waals surface area contributed by atoms with Crippen molar-refractivity contribution < 1.29 is 0 Å². The van der Waals surface area contributed by atoms with E-state index in [1.54, 1.807) is 18.0 Å². The van der Waals surface area contributed by atoms with Crippen LogP contribution in [-0.2, 0) is 0 Å². The Kier molecular flexibility index (Phi) is 4.64. The maximum absolute atomic E-state index is 6.08. The van der Waals surface area contributed by atoms with Crippen LogP contribution in [-0.4, -0.2) is 12.0 Å². The Labute approximate surface area is 117 Å². The Hall–Kier alpha value is -1.03. The number of nitrogens with one attached hydrogen (secondary N) is 1. The molecule has 1 aromatic heterocycles. The first-order chi connectivity index (χ1) is 8.70. The first-order valence-electron chi connectivity index (χ1n) is 5.76. The summed E-state index contributed by atoms with van der Waals surface area (Å²) in [6.45, 7) is 2.14. The van der Waals surface area contributed by atoms with Crippen molar-refractivity contribution in [2.75, 3.05) is 7.05 Å². The van der Waals surface area contributed by atoms with Gasteiger partial charge in [-0.2, -0.15) is 0 Å². The Morgan fingerprint density at radius 2 is 1.94 bits per heavy atom. The molecule has 1 aromatic carbocycles. The second-order valence-corrected chi connectivity index (χ2v) is 5.44. The number of hydrogen-bond donors (Lipinski definition) is 1. The van der Waals surface area contributed by atoms with Gasteiger partial charge in [-0.1, -0.05) is 35.5 Å². The molecule has 94 valence electrons. The molecule has 0 bridgehead atoms. The first kappa shape index (κ1) is 13.4. The van der Waals surface area contributed by atoms with E-state index in [0.717, 1.165) is 9.92 Å². The maximum Gasteiger partial charge on any atom is 0.119 e. The standard InChI is InChI=1S/C14H15ClN2S/c1-10(16-2)11-5-7-12(8-6-11)18-14-13(15)4-3-9-17-14/h3-10,16H,1-2H3. The van der Waals surface area contributed by atoms with Crippen LogP contribution in [0.5, 0.6) is 0 Å². The Morgan fingerprint density at radius 1 is 1.22 bits per heavy atom. The summed E-state index contributed by atoms with van der Waals surface area (Å²) in [5.74, 6) is 0. The van der Waals surface area contributed by atoms with Crippen molar-refractivity contribution in [2.45, 2.75) is 22.9 Å². The van der Waals surface area contributed by atoms with E-state index in [2.05, 4.69) is 41.5 Å². The highest BCUT2D eigenvalue weighted by Gasteiger charge is 2.05. The number of aromatic nitrogens is 1. The molecule has 4 heteroatoms. The number of rotatable bonds is 4. The lowest BCUT2D eigenvalue weighted by molar-refractivity contribution is 0.652. The summed E-state index contributed by atoms with van der Waals surface area (Å²) < 4.78 is 0. The SMILES string of the molecule is CNC(C)c1ccc(Sc2ncccc2Cl)cc1. The topological polar surface area (TPSA) is 24.9 Å². The van der Waals surface area contributed by atoms with Crippen LogP contribution in [0.25, 0.3) is 0 Å². The van der Waals surface area contributed by atoms with Gasteiger partial charge < -0.3 is 5.32 Å². The molecule has 2 nitrogen and oxygen atoms in total. The van der Waals surface area contributed by atoms with Crippen molar-refractivity contribution in [2.24, 2.45) is 0 Å². The molecule has 0 saturated heterocycles. The van der Waals surface area contributed by atoms with E-state index < -0.39 is 0 Å². The lowest BCUT2D eigenvalue weighted by atomic mass is 10.1. The largest absolute Gasteiger partial charge is 0.313 e. The van der Waals surface area contributed by atoms with Crippen molar-refractivity contribution in [1.82, 2.24) is 10.3 Å². The second-order valence-electron chi connectivity index (χ2n) is 3.97. The predicted octanol–water partition coefficient (Wildman–Crippen LogP) is 4.17. The number of hydrogen-bond acceptors (Lipinski definition) is 3. The van der Waals surface area contributed by atoms with Crippen LogP contribution in [0, 0.1) is 0 Å². The minimum absolute atomic E-state index is 0.363. The molecule has 1 atom stereocenters. The highest BCUT2D eigenvalue weighted by Crippen LogP contribution is 2.31. The fraction of sp³-hybridized carbons (Fsp3) is 0.214. The Balaban J connectivity index is 2.14. The van der Waals surface area contributed by atoms with Gasteiger partial charge in [-0.3, -0.25) is 0 Å². The maximum atomic E-state index is 6.08. The highest BCUT2D eigenvalue weighted by molar-refractivity contribution is 7.99. The zero-order chi connectivity index (χ0) is 13.0. The van der Waals surface area contributed by atoms with Crippen molar-refractivity contribution in [1.29, 1.82) is 0 Å². The molecule has 0 amide bonds. The van der Waals surface area contributed by atoms with Crippen LogP contribution in [0.3, 0.4) is 0 Å². The zero-order valence-electron chi connectivity index (χ0n) is 10.4. The first-order valence-corrected chi connectivity index (χ1v) is 6.95. The quantitative estimate of drug-likeness (QED) is 0.909. The van der Waals surface area contributed by atoms with Gasteiger partial charge in [0.25, 0.3) is 0 Å². The van der Waals surface area contributed by atoms with E-state index >= 15 is 0 Å². The monoisotopic (exact) mass is 278 g/mol. The number of halogens is 1. The molecular weight excluding hydrogens is 264 g/mol. The Morgan fingerprint density at radius 3 is 2.56 bits per heavy atom. The van der Waals surface area contributed by atoms with Crippen LogP contribution in [0.1, 0.15) is 18.5 Å². The normalized spacial score (nSPS) is 12.4. The predicted molar refractivity (Wildman–Crippen MR) is 77.3 cm³/mol. The van der Waals surface area contributed by atoms with E-state index in [1.807, 2.05) is 19.2 Å². The van der Waals surface area contributed by atoms with Gasteiger partial charge in [0.05, 0.1) is 5.02 Å². The third-order valence-corrected chi connectivity index (χ3v) is 4.20. The molecule has 0 saturated carbocycles. The van der Waals surface area contributed by atoms with E-state index in [4.69, 9.17) is 11.6 Å². The van der Waals surface area contributed by atoms with E-state index in [0.29, 0.717) is 11.1 Å². The van der Waals surface area contributed by atoms with Gasteiger partial charge in [0.1, 0.15) is 5.03 Å². The summed E-state index contributed by atoms with van der Waals surface area (Å²) in [7, 11) is 1.96. The van der Waals surface area contributed by atoms with Gasteiger partial charge in [-0.05, 0) is 43.8 Å². The average Bonchev–Trinajstić information content (AvgIpc) is 2.41. The van der Waals surface area contributed by atoms with Crippen LogP contribution in [0.15, 0.2) is 52.5 Å². The van der Waals surface area contributed by atoms with Gasteiger partial charge >= 0.3 is 0 Å². The molecule has 0 spiro atoms. The van der Waals surface area contributed by atoms with Crippen molar-refractivity contribution in [3.63, 3.8) is 0 Å². The number of pyridine rings is 1. The average molecular weight is 279 g/mol. The zero-order valence-corrected chi connectivity index (χ0v) is 11.9. The molecule has 0 aliphatic carbocycles. The van der Waals surface area contributed by atoms with Gasteiger partial charge in [-0.25, -0.2) is 4.98 Å². The molecule has 0 fully saturated rings. The smallest absolute Gasteiger partial charge is 0.119 e.